The number of fused-ring (bicyclic) bond motifs is 1. The number of rotatable bonds is 4. The van der Waals surface area contributed by atoms with Gasteiger partial charge >= 0.3 is 0 Å². The topological polar surface area (TPSA) is 24.9 Å². The molecule has 3 rings (SSSR count). The molecule has 0 aliphatic heterocycles. The first-order valence-corrected chi connectivity index (χ1v) is 7.11. The number of pyridine rings is 1. The minimum absolute atomic E-state index is 0.00852. The average molecular weight is 280 g/mol. The molecule has 2 aromatic carbocycles. The van der Waals surface area contributed by atoms with E-state index in [0.29, 0.717) is 0 Å². The normalized spacial score (nSPS) is 12.5. The fourth-order valence-electron chi connectivity index (χ4n) is 2.64. The number of hydrogen-bond donors (Lipinski definition) is 1. The Bertz CT molecular complexity index is 732. The van der Waals surface area contributed by atoms with Crippen LogP contribution in [-0.2, 0) is 0 Å². The molecule has 0 aliphatic rings. The van der Waals surface area contributed by atoms with E-state index >= 15 is 0 Å². The van der Waals surface area contributed by atoms with E-state index in [0.717, 1.165) is 23.1 Å². The van der Waals surface area contributed by atoms with Crippen LogP contribution in [0.5, 0.6) is 0 Å². The van der Waals surface area contributed by atoms with Crippen LogP contribution in [0, 0.1) is 5.82 Å². The zero-order valence-electron chi connectivity index (χ0n) is 11.9. The molecule has 0 saturated carbocycles. The van der Waals surface area contributed by atoms with Gasteiger partial charge in [0.2, 0.25) is 0 Å². The Morgan fingerprint density at radius 2 is 1.81 bits per heavy atom. The lowest BCUT2D eigenvalue weighted by atomic mass is 9.95. The minimum Gasteiger partial charge on any atom is -0.306 e. The first kappa shape index (κ1) is 13.7. The largest absolute Gasteiger partial charge is 0.306 e. The summed E-state index contributed by atoms with van der Waals surface area (Å²) in [4.78, 5) is 4.34. The van der Waals surface area contributed by atoms with Gasteiger partial charge in [-0.1, -0.05) is 43.3 Å². The third-order valence-corrected chi connectivity index (χ3v) is 3.62. The summed E-state index contributed by atoms with van der Waals surface area (Å²) in [6.07, 6.45) is 3.76. The van der Waals surface area contributed by atoms with Gasteiger partial charge in [-0.3, -0.25) is 4.98 Å². The fraction of sp³-hybridized carbons (Fsp3) is 0.167. The molecular weight excluding hydrogens is 263 g/mol. The van der Waals surface area contributed by atoms with Crippen molar-refractivity contribution in [3.05, 3.63) is 77.9 Å². The third-order valence-electron chi connectivity index (χ3n) is 3.62. The van der Waals surface area contributed by atoms with E-state index in [1.54, 1.807) is 0 Å². The predicted molar refractivity (Wildman–Crippen MR) is 83.7 cm³/mol. The van der Waals surface area contributed by atoms with Crippen LogP contribution in [0.2, 0.25) is 0 Å². The Labute approximate surface area is 123 Å². The molecule has 1 aromatic heterocycles. The molecule has 3 heteroatoms. The summed E-state index contributed by atoms with van der Waals surface area (Å²) in [6.45, 7) is 2.89. The first-order chi connectivity index (χ1) is 10.3. The zero-order valence-corrected chi connectivity index (χ0v) is 11.9. The number of benzene rings is 2. The van der Waals surface area contributed by atoms with Crippen molar-refractivity contribution in [2.45, 2.75) is 13.0 Å². The smallest absolute Gasteiger partial charge is 0.123 e. The predicted octanol–water partition coefficient (Wildman–Crippen LogP) is 4.07. The van der Waals surface area contributed by atoms with Crippen molar-refractivity contribution in [3.63, 3.8) is 0 Å². The van der Waals surface area contributed by atoms with E-state index in [-0.39, 0.29) is 11.9 Å². The molecule has 0 aliphatic carbocycles. The van der Waals surface area contributed by atoms with Crippen LogP contribution in [0.25, 0.3) is 10.8 Å². The molecule has 0 saturated heterocycles. The highest BCUT2D eigenvalue weighted by Crippen LogP contribution is 2.28. The quantitative estimate of drug-likeness (QED) is 0.779. The highest BCUT2D eigenvalue weighted by molar-refractivity contribution is 5.85. The van der Waals surface area contributed by atoms with Crippen molar-refractivity contribution < 1.29 is 4.39 Å². The standard InChI is InChI=1S/C18H17FN2/c1-2-21-18(13-7-9-15(19)10-8-13)17-12-20-11-14-5-3-4-6-16(14)17/h3-12,18,21H,2H2,1H3. The Morgan fingerprint density at radius 3 is 2.57 bits per heavy atom. The molecule has 1 unspecified atom stereocenters. The van der Waals surface area contributed by atoms with Gasteiger partial charge in [0.05, 0.1) is 6.04 Å². The second-order valence-corrected chi connectivity index (χ2v) is 4.99. The van der Waals surface area contributed by atoms with Crippen molar-refractivity contribution >= 4 is 10.8 Å². The second kappa shape index (κ2) is 6.02. The average Bonchev–Trinajstić information content (AvgIpc) is 2.53. The van der Waals surface area contributed by atoms with Crippen molar-refractivity contribution in [2.75, 3.05) is 6.54 Å². The van der Waals surface area contributed by atoms with Crippen LogP contribution in [0.15, 0.2) is 60.9 Å². The van der Waals surface area contributed by atoms with Crippen molar-refractivity contribution in [2.24, 2.45) is 0 Å². The monoisotopic (exact) mass is 280 g/mol. The van der Waals surface area contributed by atoms with Crippen LogP contribution in [0.3, 0.4) is 0 Å². The maximum atomic E-state index is 13.2. The number of aromatic nitrogens is 1. The van der Waals surface area contributed by atoms with E-state index in [9.17, 15) is 4.39 Å². The highest BCUT2D eigenvalue weighted by Gasteiger charge is 2.16. The summed E-state index contributed by atoms with van der Waals surface area (Å²) in [5, 5.41) is 5.74. The molecular formula is C18H17FN2. The van der Waals surface area contributed by atoms with Gasteiger partial charge in [-0.05, 0) is 35.2 Å². The summed E-state index contributed by atoms with van der Waals surface area (Å²) < 4.78 is 13.2. The molecule has 3 aromatic rings. The van der Waals surface area contributed by atoms with Gasteiger partial charge in [-0.25, -0.2) is 4.39 Å². The van der Waals surface area contributed by atoms with Crippen LogP contribution >= 0.6 is 0 Å². The summed E-state index contributed by atoms with van der Waals surface area (Å²) in [7, 11) is 0. The van der Waals surface area contributed by atoms with Crippen LogP contribution < -0.4 is 5.32 Å². The summed E-state index contributed by atoms with van der Waals surface area (Å²) in [5.41, 5.74) is 2.15. The summed E-state index contributed by atoms with van der Waals surface area (Å²) in [6, 6.07) is 14.8. The van der Waals surface area contributed by atoms with Gasteiger partial charge in [0, 0.05) is 17.8 Å². The van der Waals surface area contributed by atoms with Crippen LogP contribution in [0.4, 0.5) is 4.39 Å². The van der Waals surface area contributed by atoms with Crippen molar-refractivity contribution in [1.82, 2.24) is 10.3 Å². The zero-order chi connectivity index (χ0) is 14.7. The molecule has 21 heavy (non-hydrogen) atoms. The Balaban J connectivity index is 2.13. The molecule has 0 amide bonds. The molecule has 0 fully saturated rings. The van der Waals surface area contributed by atoms with Gasteiger partial charge in [0.25, 0.3) is 0 Å². The van der Waals surface area contributed by atoms with Gasteiger partial charge in [-0.2, -0.15) is 0 Å². The van der Waals surface area contributed by atoms with E-state index in [4.69, 9.17) is 0 Å². The van der Waals surface area contributed by atoms with Gasteiger partial charge in [0.1, 0.15) is 5.82 Å². The SMILES string of the molecule is CCNC(c1ccc(F)cc1)c1cncc2ccccc12. The first-order valence-electron chi connectivity index (χ1n) is 7.11. The molecule has 0 bridgehead atoms. The minimum atomic E-state index is -0.218. The number of hydrogen-bond acceptors (Lipinski definition) is 2. The van der Waals surface area contributed by atoms with Crippen LogP contribution in [0.1, 0.15) is 24.1 Å². The molecule has 1 atom stereocenters. The van der Waals surface area contributed by atoms with E-state index in [2.05, 4.69) is 29.4 Å². The lowest BCUT2D eigenvalue weighted by Gasteiger charge is -2.20. The molecule has 106 valence electrons. The molecule has 0 radical (unpaired) electrons. The molecule has 2 nitrogen and oxygen atoms in total. The number of halogens is 1. The Hall–Kier alpha value is -2.26. The third kappa shape index (κ3) is 2.78. The van der Waals surface area contributed by atoms with Crippen molar-refractivity contribution in [3.8, 4) is 0 Å². The molecule has 0 spiro atoms. The van der Waals surface area contributed by atoms with Gasteiger partial charge in [0.15, 0.2) is 0 Å². The number of nitrogens with zero attached hydrogens (tertiary/aromatic N) is 1. The highest BCUT2D eigenvalue weighted by atomic mass is 19.1. The van der Waals surface area contributed by atoms with E-state index in [1.165, 1.54) is 17.5 Å². The Morgan fingerprint density at radius 1 is 1.05 bits per heavy atom. The lowest BCUT2D eigenvalue weighted by molar-refractivity contribution is 0.614. The fourth-order valence-corrected chi connectivity index (χ4v) is 2.64. The molecule has 1 N–H and O–H groups in total. The van der Waals surface area contributed by atoms with E-state index in [1.807, 2.05) is 36.7 Å². The van der Waals surface area contributed by atoms with Crippen LogP contribution in [-0.4, -0.2) is 11.5 Å². The Kier molecular flexibility index (Phi) is 3.93. The van der Waals surface area contributed by atoms with Gasteiger partial charge < -0.3 is 5.32 Å². The molecule has 1 heterocycles. The lowest BCUT2D eigenvalue weighted by Crippen LogP contribution is -2.22. The second-order valence-electron chi connectivity index (χ2n) is 4.99. The summed E-state index contributed by atoms with van der Waals surface area (Å²) >= 11 is 0. The van der Waals surface area contributed by atoms with E-state index < -0.39 is 0 Å². The maximum absolute atomic E-state index is 13.2. The maximum Gasteiger partial charge on any atom is 0.123 e. The summed E-state index contributed by atoms with van der Waals surface area (Å²) in [5.74, 6) is -0.218. The number of nitrogens with one attached hydrogen (secondary N) is 1. The van der Waals surface area contributed by atoms with Gasteiger partial charge in [-0.15, -0.1) is 0 Å². The van der Waals surface area contributed by atoms with Crippen molar-refractivity contribution in [1.29, 1.82) is 0 Å².